The summed E-state index contributed by atoms with van der Waals surface area (Å²) in [6, 6.07) is 5.12. The first-order valence-corrected chi connectivity index (χ1v) is 6.27. The first kappa shape index (κ1) is 12.3. The lowest BCUT2D eigenvalue weighted by molar-refractivity contribution is -0.121. The Bertz CT molecular complexity index is 542. The average molecular weight is 360 g/mol. The van der Waals surface area contributed by atoms with Crippen LogP contribution in [0.3, 0.4) is 0 Å². The van der Waals surface area contributed by atoms with Gasteiger partial charge in [0.15, 0.2) is 5.11 Å². The van der Waals surface area contributed by atoms with Crippen molar-refractivity contribution in [2.45, 2.75) is 0 Å². The third kappa shape index (κ3) is 2.42. The van der Waals surface area contributed by atoms with E-state index >= 15 is 0 Å². The summed E-state index contributed by atoms with van der Waals surface area (Å²) in [5, 5.41) is 12.6. The second-order valence-electron chi connectivity index (χ2n) is 3.56. The Morgan fingerprint density at radius 1 is 1.53 bits per heavy atom. The largest absolute Gasteiger partial charge is 0.507 e. The van der Waals surface area contributed by atoms with Gasteiger partial charge < -0.3 is 10.4 Å². The van der Waals surface area contributed by atoms with Crippen molar-refractivity contribution in [3.63, 3.8) is 0 Å². The second-order valence-corrected chi connectivity index (χ2v) is 5.11. The number of nitrogens with one attached hydrogen (secondary N) is 1. The molecule has 2 rings (SSSR count). The number of likely N-dealkylation sites (N-methyl/N-ethyl adjacent to an activating group) is 1. The highest BCUT2D eigenvalue weighted by Gasteiger charge is 2.26. The summed E-state index contributed by atoms with van der Waals surface area (Å²) in [4.78, 5) is 13.1. The number of aromatic hydroxyl groups is 1. The van der Waals surface area contributed by atoms with E-state index in [0.717, 1.165) is 9.13 Å². The van der Waals surface area contributed by atoms with Gasteiger partial charge in [-0.2, -0.15) is 0 Å². The fourth-order valence-corrected chi connectivity index (χ4v) is 2.14. The highest BCUT2D eigenvalue weighted by molar-refractivity contribution is 14.1. The molecule has 0 atom stereocenters. The van der Waals surface area contributed by atoms with Crippen molar-refractivity contribution < 1.29 is 9.90 Å². The molecule has 0 radical (unpaired) electrons. The summed E-state index contributed by atoms with van der Waals surface area (Å²) < 4.78 is 0.735. The highest BCUT2D eigenvalue weighted by Crippen LogP contribution is 2.22. The molecule has 1 amide bonds. The smallest absolute Gasteiger partial charge is 0.276 e. The molecule has 1 saturated heterocycles. The third-order valence-corrected chi connectivity index (χ3v) is 3.60. The van der Waals surface area contributed by atoms with E-state index in [1.54, 1.807) is 31.3 Å². The molecule has 1 aliphatic heterocycles. The lowest BCUT2D eigenvalue weighted by Crippen LogP contribution is -2.25. The number of nitrogens with zero attached hydrogens (tertiary/aromatic N) is 1. The molecule has 0 spiro atoms. The minimum absolute atomic E-state index is 0.155. The molecule has 0 aliphatic carbocycles. The molecule has 0 bridgehead atoms. The van der Waals surface area contributed by atoms with E-state index in [4.69, 9.17) is 12.2 Å². The van der Waals surface area contributed by atoms with Crippen LogP contribution in [-0.4, -0.2) is 28.1 Å². The molecule has 88 valence electrons. The fourth-order valence-electron chi connectivity index (χ4n) is 1.40. The van der Waals surface area contributed by atoms with Gasteiger partial charge in [0.25, 0.3) is 5.91 Å². The van der Waals surface area contributed by atoms with Crippen molar-refractivity contribution >= 4 is 51.9 Å². The molecule has 0 aromatic heterocycles. The average Bonchev–Trinajstić information content (AvgIpc) is 2.52. The van der Waals surface area contributed by atoms with Gasteiger partial charge in [-0.05, 0) is 58.6 Å². The lowest BCUT2D eigenvalue weighted by Gasteiger charge is -2.02. The standard InChI is InChI=1S/C11H9IN2O2S/c1-14-10(16)8(13-11(14)17)5-6-2-3-9(15)7(12)4-6/h2-5,15H,1H3,(H,13,17)/b8-5-. The molecule has 1 aromatic carbocycles. The van der Waals surface area contributed by atoms with Gasteiger partial charge in [0.2, 0.25) is 0 Å². The van der Waals surface area contributed by atoms with Crippen LogP contribution in [0, 0.1) is 3.57 Å². The number of rotatable bonds is 1. The maximum Gasteiger partial charge on any atom is 0.276 e. The monoisotopic (exact) mass is 360 g/mol. The Morgan fingerprint density at radius 3 is 2.76 bits per heavy atom. The summed E-state index contributed by atoms with van der Waals surface area (Å²) in [7, 11) is 1.62. The first-order valence-electron chi connectivity index (χ1n) is 4.78. The number of hydrogen-bond acceptors (Lipinski definition) is 3. The molecule has 6 heteroatoms. The summed E-state index contributed by atoms with van der Waals surface area (Å²) in [5.74, 6) is 0.0733. The summed E-state index contributed by atoms with van der Waals surface area (Å²) in [5.41, 5.74) is 1.28. The van der Waals surface area contributed by atoms with E-state index in [1.165, 1.54) is 4.90 Å². The van der Waals surface area contributed by atoms with Crippen LogP contribution in [0.4, 0.5) is 0 Å². The Kier molecular flexibility index (Phi) is 3.34. The van der Waals surface area contributed by atoms with E-state index in [0.29, 0.717) is 10.8 Å². The molecule has 4 nitrogen and oxygen atoms in total. The van der Waals surface area contributed by atoms with Crippen LogP contribution in [0.2, 0.25) is 0 Å². The Labute approximate surface area is 117 Å². The number of halogens is 1. The minimum Gasteiger partial charge on any atom is -0.507 e. The van der Waals surface area contributed by atoms with Crippen LogP contribution in [0.5, 0.6) is 5.75 Å². The highest BCUT2D eigenvalue weighted by atomic mass is 127. The Morgan fingerprint density at radius 2 is 2.24 bits per heavy atom. The van der Waals surface area contributed by atoms with Gasteiger partial charge in [0.1, 0.15) is 11.4 Å². The van der Waals surface area contributed by atoms with Crippen molar-refractivity contribution in [1.82, 2.24) is 10.2 Å². The molecule has 1 aromatic rings. The van der Waals surface area contributed by atoms with Gasteiger partial charge in [0.05, 0.1) is 3.57 Å². The van der Waals surface area contributed by atoms with Crippen LogP contribution in [0.25, 0.3) is 6.08 Å². The predicted molar refractivity (Wildman–Crippen MR) is 77.3 cm³/mol. The van der Waals surface area contributed by atoms with Gasteiger partial charge in [-0.25, -0.2) is 0 Å². The van der Waals surface area contributed by atoms with Gasteiger partial charge in [-0.1, -0.05) is 6.07 Å². The topological polar surface area (TPSA) is 52.6 Å². The molecule has 2 N–H and O–H groups in total. The number of hydrogen-bond donors (Lipinski definition) is 2. The SMILES string of the molecule is CN1C(=O)/C(=C/c2ccc(O)c(I)c2)NC1=S. The van der Waals surface area contributed by atoms with E-state index in [1.807, 2.05) is 22.6 Å². The van der Waals surface area contributed by atoms with Gasteiger partial charge in [-0.3, -0.25) is 9.69 Å². The summed E-state index contributed by atoms with van der Waals surface area (Å²) >= 11 is 7.00. The number of amides is 1. The Balaban J connectivity index is 2.34. The second kappa shape index (κ2) is 4.61. The number of phenolic OH excluding ortho intramolecular Hbond substituents is 1. The van der Waals surface area contributed by atoms with Crippen LogP contribution in [0.15, 0.2) is 23.9 Å². The van der Waals surface area contributed by atoms with Crippen molar-refractivity contribution in [1.29, 1.82) is 0 Å². The van der Waals surface area contributed by atoms with Crippen LogP contribution in [0.1, 0.15) is 5.56 Å². The zero-order valence-electron chi connectivity index (χ0n) is 8.90. The number of phenols is 1. The maximum atomic E-state index is 11.7. The summed E-state index contributed by atoms with van der Waals surface area (Å²) in [6.45, 7) is 0. The molecule has 1 fully saturated rings. The van der Waals surface area contributed by atoms with E-state index in [9.17, 15) is 9.90 Å². The minimum atomic E-state index is -0.155. The quantitative estimate of drug-likeness (QED) is 0.455. The normalized spacial score (nSPS) is 17.8. The number of carbonyl (C=O) groups is 1. The summed E-state index contributed by atoms with van der Waals surface area (Å²) in [6.07, 6.45) is 1.71. The van der Waals surface area contributed by atoms with E-state index < -0.39 is 0 Å². The third-order valence-electron chi connectivity index (χ3n) is 2.36. The number of benzene rings is 1. The molecule has 1 heterocycles. The molecule has 1 aliphatic rings. The number of thiocarbonyl (C=S) groups is 1. The van der Waals surface area contributed by atoms with E-state index in [2.05, 4.69) is 5.32 Å². The predicted octanol–water partition coefficient (Wildman–Crippen LogP) is 1.68. The fraction of sp³-hybridized carbons (Fsp3) is 0.0909. The Hall–Kier alpha value is -1.15. The molecule has 17 heavy (non-hydrogen) atoms. The number of carbonyl (C=O) groups excluding carboxylic acids is 1. The first-order chi connectivity index (χ1) is 7.99. The van der Waals surface area contributed by atoms with Crippen molar-refractivity contribution in [3.8, 4) is 5.75 Å². The molecule has 0 saturated carbocycles. The zero-order chi connectivity index (χ0) is 12.6. The van der Waals surface area contributed by atoms with Crippen molar-refractivity contribution in [2.75, 3.05) is 7.05 Å². The van der Waals surface area contributed by atoms with Gasteiger partial charge in [-0.15, -0.1) is 0 Å². The van der Waals surface area contributed by atoms with Crippen molar-refractivity contribution in [3.05, 3.63) is 33.0 Å². The van der Waals surface area contributed by atoms with E-state index in [-0.39, 0.29) is 11.7 Å². The van der Waals surface area contributed by atoms with Crippen LogP contribution in [-0.2, 0) is 4.79 Å². The van der Waals surface area contributed by atoms with Gasteiger partial charge in [0, 0.05) is 7.05 Å². The molecular weight excluding hydrogens is 351 g/mol. The molecule has 0 unspecified atom stereocenters. The van der Waals surface area contributed by atoms with Crippen molar-refractivity contribution in [2.24, 2.45) is 0 Å². The maximum absolute atomic E-state index is 11.7. The lowest BCUT2D eigenvalue weighted by atomic mass is 10.2. The molecular formula is C11H9IN2O2S. The van der Waals surface area contributed by atoms with Crippen LogP contribution >= 0.6 is 34.8 Å². The van der Waals surface area contributed by atoms with Crippen LogP contribution < -0.4 is 5.32 Å². The zero-order valence-corrected chi connectivity index (χ0v) is 11.9. The van der Waals surface area contributed by atoms with Gasteiger partial charge >= 0.3 is 0 Å².